The van der Waals surface area contributed by atoms with Crippen LogP contribution in [-0.2, 0) is 10.0 Å². The van der Waals surface area contributed by atoms with Gasteiger partial charge in [-0.15, -0.1) is 0 Å². The lowest BCUT2D eigenvalue weighted by molar-refractivity contribution is 0.560. The summed E-state index contributed by atoms with van der Waals surface area (Å²) in [4.78, 5) is 11.3. The van der Waals surface area contributed by atoms with Gasteiger partial charge < -0.3 is 4.42 Å². The maximum Gasteiger partial charge on any atom is 0.336 e. The average molecular weight is 267 g/mol. The van der Waals surface area contributed by atoms with Gasteiger partial charge in [-0.05, 0) is 31.5 Å². The first-order valence-electron chi connectivity index (χ1n) is 5.46. The van der Waals surface area contributed by atoms with Gasteiger partial charge in [-0.1, -0.05) is 0 Å². The Kier molecular flexibility index (Phi) is 3.13. The van der Waals surface area contributed by atoms with E-state index in [1.807, 2.05) is 0 Å². The van der Waals surface area contributed by atoms with E-state index in [0.717, 1.165) is 10.9 Å². The summed E-state index contributed by atoms with van der Waals surface area (Å²) < 4.78 is 30.3. The Bertz CT molecular complexity index is 746. The van der Waals surface area contributed by atoms with Gasteiger partial charge in [0.2, 0.25) is 10.0 Å². The van der Waals surface area contributed by atoms with Crippen molar-refractivity contribution in [3.05, 3.63) is 40.2 Å². The van der Waals surface area contributed by atoms with Crippen molar-refractivity contribution < 1.29 is 12.8 Å². The normalized spacial score (nSPS) is 11.7. The molecule has 5 nitrogen and oxygen atoms in total. The van der Waals surface area contributed by atoms with Crippen LogP contribution in [-0.4, -0.2) is 14.2 Å². The van der Waals surface area contributed by atoms with Crippen molar-refractivity contribution in [1.29, 1.82) is 0 Å². The highest BCUT2D eigenvalue weighted by Gasteiger charge is 2.08. The fourth-order valence-electron chi connectivity index (χ4n) is 1.64. The van der Waals surface area contributed by atoms with Crippen LogP contribution in [0.4, 0.5) is 5.69 Å². The van der Waals surface area contributed by atoms with E-state index in [1.165, 1.54) is 12.1 Å². The molecule has 0 radical (unpaired) electrons. The molecule has 1 aromatic carbocycles. The molecule has 18 heavy (non-hydrogen) atoms. The molecule has 6 heteroatoms. The molecular formula is C12H13NO4S. The van der Waals surface area contributed by atoms with Crippen LogP contribution >= 0.6 is 0 Å². The molecule has 0 spiro atoms. The summed E-state index contributed by atoms with van der Waals surface area (Å²) in [5.74, 6) is -0.0111. The topological polar surface area (TPSA) is 76.4 Å². The lowest BCUT2D eigenvalue weighted by Gasteiger charge is -2.07. The second-order valence-electron chi connectivity index (χ2n) is 3.96. The number of hydrogen-bond acceptors (Lipinski definition) is 4. The molecule has 0 bridgehead atoms. The summed E-state index contributed by atoms with van der Waals surface area (Å²) in [6, 6.07) is 6.28. The van der Waals surface area contributed by atoms with Crippen LogP contribution < -0.4 is 10.3 Å². The predicted octanol–water partition coefficient (Wildman–Crippen LogP) is 1.86. The Labute approximate surface area is 104 Å². The van der Waals surface area contributed by atoms with Crippen molar-refractivity contribution in [1.82, 2.24) is 0 Å². The lowest BCUT2D eigenvalue weighted by atomic mass is 10.1. The molecule has 0 saturated carbocycles. The Hall–Kier alpha value is -1.82. The van der Waals surface area contributed by atoms with Crippen LogP contribution in [0.1, 0.15) is 12.5 Å². The summed E-state index contributed by atoms with van der Waals surface area (Å²) in [6.45, 7) is 3.35. The number of rotatable bonds is 3. The molecule has 0 fully saturated rings. The van der Waals surface area contributed by atoms with Crippen LogP contribution in [0.5, 0.6) is 0 Å². The number of anilines is 1. The first kappa shape index (κ1) is 12.6. The fourth-order valence-corrected chi connectivity index (χ4v) is 2.27. The second-order valence-corrected chi connectivity index (χ2v) is 5.98. The van der Waals surface area contributed by atoms with E-state index in [1.54, 1.807) is 26.0 Å². The lowest BCUT2D eigenvalue weighted by Crippen LogP contribution is -2.14. The molecule has 1 aromatic heterocycles. The molecule has 1 N–H and O–H groups in total. The molecule has 1 heterocycles. The summed E-state index contributed by atoms with van der Waals surface area (Å²) in [5.41, 5.74) is 1.11. The quantitative estimate of drug-likeness (QED) is 0.861. The zero-order chi connectivity index (χ0) is 13.3. The molecule has 2 rings (SSSR count). The van der Waals surface area contributed by atoms with E-state index in [9.17, 15) is 13.2 Å². The van der Waals surface area contributed by atoms with Gasteiger partial charge in [-0.3, -0.25) is 4.72 Å². The summed E-state index contributed by atoms with van der Waals surface area (Å²) in [7, 11) is -3.33. The van der Waals surface area contributed by atoms with Crippen LogP contribution in [0, 0.1) is 6.92 Å². The van der Waals surface area contributed by atoms with Crippen LogP contribution in [0.3, 0.4) is 0 Å². The number of nitrogens with one attached hydrogen (secondary N) is 1. The Morgan fingerprint density at radius 2 is 2.00 bits per heavy atom. The molecule has 0 aliphatic heterocycles. The van der Waals surface area contributed by atoms with Crippen LogP contribution in [0.25, 0.3) is 11.0 Å². The minimum atomic E-state index is -3.33. The zero-order valence-electron chi connectivity index (χ0n) is 10.1. The maximum absolute atomic E-state index is 11.4. The van der Waals surface area contributed by atoms with Crippen molar-refractivity contribution in [2.24, 2.45) is 0 Å². The largest absolute Gasteiger partial charge is 0.423 e. The third-order valence-electron chi connectivity index (χ3n) is 2.60. The van der Waals surface area contributed by atoms with Crippen molar-refractivity contribution in [2.75, 3.05) is 10.5 Å². The van der Waals surface area contributed by atoms with Crippen molar-refractivity contribution in [2.45, 2.75) is 13.8 Å². The maximum atomic E-state index is 11.4. The predicted molar refractivity (Wildman–Crippen MR) is 70.3 cm³/mol. The molecule has 2 aromatic rings. The standard InChI is InChI=1S/C12H13NO4S/c1-3-18(15,16)13-9-4-5-10-8(2)6-12(14)17-11(10)7-9/h4-7,13H,3H2,1-2H3. The van der Waals surface area contributed by atoms with Gasteiger partial charge >= 0.3 is 5.63 Å². The highest BCUT2D eigenvalue weighted by Crippen LogP contribution is 2.21. The first-order chi connectivity index (χ1) is 8.41. The van der Waals surface area contributed by atoms with Crippen LogP contribution in [0.2, 0.25) is 0 Å². The highest BCUT2D eigenvalue weighted by molar-refractivity contribution is 7.92. The van der Waals surface area contributed by atoms with E-state index in [0.29, 0.717) is 11.3 Å². The van der Waals surface area contributed by atoms with Gasteiger partial charge in [-0.2, -0.15) is 0 Å². The van der Waals surface area contributed by atoms with E-state index >= 15 is 0 Å². The SMILES string of the molecule is CCS(=O)(=O)Nc1ccc2c(C)cc(=O)oc2c1. The Balaban J connectivity index is 2.54. The molecule has 0 saturated heterocycles. The van der Waals surface area contributed by atoms with Gasteiger partial charge in [0.15, 0.2) is 0 Å². The van der Waals surface area contributed by atoms with Gasteiger partial charge in [0.1, 0.15) is 5.58 Å². The van der Waals surface area contributed by atoms with Crippen molar-refractivity contribution >= 4 is 26.7 Å². The van der Waals surface area contributed by atoms with Gasteiger partial charge in [0.25, 0.3) is 0 Å². The smallest absolute Gasteiger partial charge is 0.336 e. The van der Waals surface area contributed by atoms with Gasteiger partial charge in [0.05, 0.1) is 11.4 Å². The number of hydrogen-bond donors (Lipinski definition) is 1. The van der Waals surface area contributed by atoms with Crippen molar-refractivity contribution in [3.8, 4) is 0 Å². The van der Waals surface area contributed by atoms with E-state index in [-0.39, 0.29) is 5.75 Å². The fraction of sp³-hybridized carbons (Fsp3) is 0.250. The highest BCUT2D eigenvalue weighted by atomic mass is 32.2. The number of sulfonamides is 1. The molecule has 0 aliphatic rings. The second kappa shape index (κ2) is 4.45. The average Bonchev–Trinajstić information content (AvgIpc) is 2.27. The Morgan fingerprint density at radius 1 is 1.28 bits per heavy atom. The van der Waals surface area contributed by atoms with E-state index in [2.05, 4.69) is 4.72 Å². The first-order valence-corrected chi connectivity index (χ1v) is 7.11. The van der Waals surface area contributed by atoms with Crippen LogP contribution in [0.15, 0.2) is 33.5 Å². The molecule has 0 unspecified atom stereocenters. The van der Waals surface area contributed by atoms with E-state index < -0.39 is 15.6 Å². The third kappa shape index (κ3) is 2.53. The minimum Gasteiger partial charge on any atom is -0.423 e. The summed E-state index contributed by atoms with van der Waals surface area (Å²) in [5, 5.41) is 0.786. The Morgan fingerprint density at radius 3 is 2.67 bits per heavy atom. The molecule has 0 amide bonds. The number of aryl methyl sites for hydroxylation is 1. The van der Waals surface area contributed by atoms with Gasteiger partial charge in [-0.25, -0.2) is 13.2 Å². The number of fused-ring (bicyclic) bond motifs is 1. The third-order valence-corrected chi connectivity index (χ3v) is 3.91. The molecule has 96 valence electrons. The number of benzene rings is 1. The monoisotopic (exact) mass is 267 g/mol. The summed E-state index contributed by atoms with van der Waals surface area (Å²) >= 11 is 0. The van der Waals surface area contributed by atoms with E-state index in [4.69, 9.17) is 4.42 Å². The summed E-state index contributed by atoms with van der Waals surface area (Å²) in [6.07, 6.45) is 0. The molecule has 0 atom stereocenters. The minimum absolute atomic E-state index is 0.0111. The zero-order valence-corrected chi connectivity index (χ0v) is 10.9. The molecule has 0 aliphatic carbocycles. The van der Waals surface area contributed by atoms with Crippen molar-refractivity contribution in [3.63, 3.8) is 0 Å². The van der Waals surface area contributed by atoms with Gasteiger partial charge in [0, 0.05) is 17.5 Å². The molecular weight excluding hydrogens is 254 g/mol.